The zero-order valence-electron chi connectivity index (χ0n) is 16.8. The van der Waals surface area contributed by atoms with Gasteiger partial charge in [0.25, 0.3) is 5.91 Å². The first-order chi connectivity index (χ1) is 12.8. The van der Waals surface area contributed by atoms with Gasteiger partial charge in [-0.1, -0.05) is 45.7 Å². The van der Waals surface area contributed by atoms with E-state index in [0.29, 0.717) is 29.3 Å². The average molecular weight is 372 g/mol. The molecule has 0 heterocycles. The van der Waals surface area contributed by atoms with Gasteiger partial charge in [-0.15, -0.1) is 0 Å². The lowest BCUT2D eigenvalue weighted by molar-refractivity contribution is -0.115. The second-order valence-electron chi connectivity index (χ2n) is 9.09. The lowest BCUT2D eigenvalue weighted by Gasteiger charge is -2.40. The van der Waals surface area contributed by atoms with Crippen LogP contribution in [0.5, 0.6) is 0 Å². The number of rotatable bonds is 6. The molecule has 2 aliphatic carbocycles. The number of hydrogen-bond acceptors (Lipinski definition) is 3. The minimum absolute atomic E-state index is 0.0973. The Labute approximate surface area is 162 Å². The molecule has 5 nitrogen and oxygen atoms in total. The molecule has 1 aromatic carbocycles. The lowest BCUT2D eigenvalue weighted by Crippen LogP contribution is -2.46. The molecule has 2 fully saturated rings. The number of benzene rings is 1. The van der Waals surface area contributed by atoms with Gasteiger partial charge in [0.05, 0.1) is 17.8 Å². The first-order valence-corrected chi connectivity index (χ1v) is 10.3. The van der Waals surface area contributed by atoms with Gasteiger partial charge in [-0.25, -0.2) is 0 Å². The summed E-state index contributed by atoms with van der Waals surface area (Å²) in [4.78, 5) is 24.9. The van der Waals surface area contributed by atoms with Crippen LogP contribution in [-0.4, -0.2) is 30.4 Å². The van der Waals surface area contributed by atoms with Crippen LogP contribution in [0.3, 0.4) is 0 Å². The van der Waals surface area contributed by atoms with E-state index >= 15 is 0 Å². The van der Waals surface area contributed by atoms with E-state index in [1.165, 1.54) is 19.3 Å². The maximum atomic E-state index is 12.5. The molecular formula is C22H33N3O2. The van der Waals surface area contributed by atoms with Crippen molar-refractivity contribution in [1.29, 1.82) is 0 Å². The van der Waals surface area contributed by atoms with Crippen LogP contribution in [0.2, 0.25) is 0 Å². The molecule has 3 N–H and O–H groups in total. The van der Waals surface area contributed by atoms with E-state index in [4.69, 9.17) is 0 Å². The zero-order chi connectivity index (χ0) is 19.4. The molecule has 0 saturated heterocycles. The Morgan fingerprint density at radius 3 is 2.44 bits per heavy atom. The Kier molecular flexibility index (Phi) is 6.20. The highest BCUT2D eigenvalue weighted by Gasteiger charge is 2.34. The number of carbonyl (C=O) groups is 2. The fourth-order valence-corrected chi connectivity index (χ4v) is 4.11. The highest BCUT2D eigenvalue weighted by atomic mass is 16.2. The van der Waals surface area contributed by atoms with Crippen LogP contribution in [0.4, 0.5) is 5.69 Å². The first kappa shape index (κ1) is 19.9. The van der Waals surface area contributed by atoms with Crippen molar-refractivity contribution in [3.8, 4) is 0 Å². The van der Waals surface area contributed by atoms with E-state index in [-0.39, 0.29) is 23.8 Å². The minimum atomic E-state index is -0.110. The van der Waals surface area contributed by atoms with Gasteiger partial charge in [0, 0.05) is 12.1 Å². The topological polar surface area (TPSA) is 70.2 Å². The second-order valence-corrected chi connectivity index (χ2v) is 9.09. The Hall–Kier alpha value is -1.88. The third-order valence-corrected chi connectivity index (χ3v) is 5.76. The second kappa shape index (κ2) is 8.42. The van der Waals surface area contributed by atoms with Gasteiger partial charge < -0.3 is 16.0 Å². The normalized spacial score (nSPS) is 22.9. The summed E-state index contributed by atoms with van der Waals surface area (Å²) < 4.78 is 0. The number of para-hydroxylation sites is 1. The van der Waals surface area contributed by atoms with Crippen molar-refractivity contribution >= 4 is 17.5 Å². The molecule has 0 bridgehead atoms. The standard InChI is InChI=1S/C22H33N3O2/c1-22(2,3)17-9-5-7-11-19(17)23-14-20(26)25-18-10-6-4-8-16(18)21(27)24-15-12-13-15/h4,6,8,10,15,17,19,23H,5,7,9,11-14H2,1-3H3,(H,24,27)(H,25,26). The molecule has 0 spiro atoms. The molecule has 0 aliphatic heterocycles. The lowest BCUT2D eigenvalue weighted by atomic mass is 9.69. The molecule has 0 radical (unpaired) electrons. The van der Waals surface area contributed by atoms with E-state index in [2.05, 4.69) is 36.7 Å². The molecule has 2 saturated carbocycles. The molecular weight excluding hydrogens is 338 g/mol. The van der Waals surface area contributed by atoms with Crippen molar-refractivity contribution in [3.05, 3.63) is 29.8 Å². The van der Waals surface area contributed by atoms with Gasteiger partial charge in [-0.05, 0) is 49.1 Å². The summed E-state index contributed by atoms with van der Waals surface area (Å²) in [6.45, 7) is 7.13. The minimum Gasteiger partial charge on any atom is -0.349 e. The van der Waals surface area contributed by atoms with Gasteiger partial charge in [0.15, 0.2) is 0 Å². The van der Waals surface area contributed by atoms with Crippen LogP contribution < -0.4 is 16.0 Å². The summed E-state index contributed by atoms with van der Waals surface area (Å²) in [6.07, 6.45) is 6.91. The summed E-state index contributed by atoms with van der Waals surface area (Å²) >= 11 is 0. The summed E-state index contributed by atoms with van der Waals surface area (Å²) in [6, 6.07) is 7.89. The van der Waals surface area contributed by atoms with Gasteiger partial charge in [0.2, 0.25) is 5.91 Å². The van der Waals surface area contributed by atoms with E-state index in [0.717, 1.165) is 19.3 Å². The molecule has 2 unspecified atom stereocenters. The summed E-state index contributed by atoms with van der Waals surface area (Å²) in [5, 5.41) is 9.38. The van der Waals surface area contributed by atoms with E-state index in [9.17, 15) is 9.59 Å². The fourth-order valence-electron chi connectivity index (χ4n) is 4.11. The van der Waals surface area contributed by atoms with Crippen molar-refractivity contribution in [2.75, 3.05) is 11.9 Å². The van der Waals surface area contributed by atoms with E-state index in [1.54, 1.807) is 12.1 Å². The number of hydrogen-bond donors (Lipinski definition) is 3. The molecule has 5 heteroatoms. The van der Waals surface area contributed by atoms with Crippen LogP contribution >= 0.6 is 0 Å². The Morgan fingerprint density at radius 2 is 1.74 bits per heavy atom. The largest absolute Gasteiger partial charge is 0.349 e. The third kappa shape index (κ3) is 5.55. The van der Waals surface area contributed by atoms with Crippen molar-refractivity contribution < 1.29 is 9.59 Å². The first-order valence-electron chi connectivity index (χ1n) is 10.3. The molecule has 0 aromatic heterocycles. The van der Waals surface area contributed by atoms with Crippen molar-refractivity contribution in [1.82, 2.24) is 10.6 Å². The van der Waals surface area contributed by atoms with Crippen LogP contribution in [0.25, 0.3) is 0 Å². The molecule has 3 rings (SSSR count). The van der Waals surface area contributed by atoms with E-state index in [1.807, 2.05) is 12.1 Å². The highest BCUT2D eigenvalue weighted by molar-refractivity contribution is 6.04. The molecule has 2 amide bonds. The van der Waals surface area contributed by atoms with Crippen molar-refractivity contribution in [2.45, 2.75) is 71.4 Å². The predicted molar refractivity (Wildman–Crippen MR) is 109 cm³/mol. The Morgan fingerprint density at radius 1 is 1.04 bits per heavy atom. The number of anilines is 1. The molecule has 27 heavy (non-hydrogen) atoms. The van der Waals surface area contributed by atoms with Crippen molar-refractivity contribution in [2.24, 2.45) is 11.3 Å². The molecule has 2 aliphatic rings. The quantitative estimate of drug-likeness (QED) is 0.714. The van der Waals surface area contributed by atoms with E-state index < -0.39 is 0 Å². The summed E-state index contributed by atoms with van der Waals surface area (Å²) in [5.74, 6) is 0.372. The van der Waals surface area contributed by atoms with Gasteiger partial charge in [-0.2, -0.15) is 0 Å². The fraction of sp³-hybridized carbons (Fsp3) is 0.636. The monoisotopic (exact) mass is 371 g/mol. The van der Waals surface area contributed by atoms with Crippen LogP contribution in [0.1, 0.15) is 69.7 Å². The molecule has 1 aromatic rings. The summed E-state index contributed by atoms with van der Waals surface area (Å²) in [5.41, 5.74) is 1.35. The SMILES string of the molecule is CC(C)(C)C1CCCCC1NCC(=O)Nc1ccccc1C(=O)NC1CC1. The third-order valence-electron chi connectivity index (χ3n) is 5.76. The van der Waals surface area contributed by atoms with Gasteiger partial charge in [0.1, 0.15) is 0 Å². The number of carbonyl (C=O) groups excluding carboxylic acids is 2. The van der Waals surface area contributed by atoms with Gasteiger partial charge >= 0.3 is 0 Å². The molecule has 148 valence electrons. The maximum absolute atomic E-state index is 12.5. The molecule has 2 atom stereocenters. The van der Waals surface area contributed by atoms with Crippen LogP contribution in [0, 0.1) is 11.3 Å². The number of nitrogens with one attached hydrogen (secondary N) is 3. The maximum Gasteiger partial charge on any atom is 0.253 e. The summed E-state index contributed by atoms with van der Waals surface area (Å²) in [7, 11) is 0. The average Bonchev–Trinajstić information content (AvgIpc) is 3.44. The Bertz CT molecular complexity index is 676. The highest BCUT2D eigenvalue weighted by Crippen LogP contribution is 2.37. The van der Waals surface area contributed by atoms with Gasteiger partial charge in [-0.3, -0.25) is 9.59 Å². The zero-order valence-corrected chi connectivity index (χ0v) is 16.8. The smallest absolute Gasteiger partial charge is 0.253 e. The number of amides is 2. The van der Waals surface area contributed by atoms with Crippen molar-refractivity contribution in [3.63, 3.8) is 0 Å². The Balaban J connectivity index is 1.57. The van der Waals surface area contributed by atoms with Crippen LogP contribution in [-0.2, 0) is 4.79 Å². The predicted octanol–water partition coefficient (Wildman–Crippen LogP) is 3.71. The van der Waals surface area contributed by atoms with Crippen LogP contribution in [0.15, 0.2) is 24.3 Å².